The molecule has 1 aliphatic rings. The number of hydrogen-bond acceptors (Lipinski definition) is 3. The molecule has 0 aromatic heterocycles. The summed E-state index contributed by atoms with van der Waals surface area (Å²) < 4.78 is 0. The average molecular weight is 376 g/mol. The van der Waals surface area contributed by atoms with Crippen molar-refractivity contribution in [3.05, 3.63) is 29.8 Å². The summed E-state index contributed by atoms with van der Waals surface area (Å²) in [4.78, 5) is 5.07. The maximum absolute atomic E-state index is 3.47. The Morgan fingerprint density at radius 2 is 1.54 bits per heavy atom. The Morgan fingerprint density at radius 1 is 1.00 bits per heavy atom. The van der Waals surface area contributed by atoms with Crippen LogP contribution in [-0.4, -0.2) is 44.2 Å². The van der Waals surface area contributed by atoms with Crippen LogP contribution in [0.5, 0.6) is 0 Å². The fraction of sp³-hybridized carbons (Fsp3) is 0.684. The first-order valence-corrected chi connectivity index (χ1v) is 9.00. The van der Waals surface area contributed by atoms with Crippen molar-refractivity contribution in [2.45, 2.75) is 40.2 Å². The lowest BCUT2D eigenvalue weighted by Gasteiger charge is -2.38. The summed E-state index contributed by atoms with van der Waals surface area (Å²) in [5.41, 5.74) is 2.82. The Hall–Kier alpha value is -0.480. The van der Waals surface area contributed by atoms with Crippen molar-refractivity contribution >= 4 is 30.5 Å². The molecular formula is C19H35Cl2N3. The third-order valence-corrected chi connectivity index (χ3v) is 5.09. The number of nitrogens with zero attached hydrogens (tertiary/aromatic N) is 2. The van der Waals surface area contributed by atoms with Gasteiger partial charge in [0.1, 0.15) is 0 Å². The Labute approximate surface area is 161 Å². The minimum Gasteiger partial charge on any atom is -0.372 e. The molecule has 140 valence electrons. The van der Waals surface area contributed by atoms with Gasteiger partial charge in [-0.25, -0.2) is 0 Å². The van der Waals surface area contributed by atoms with Crippen LogP contribution in [0.4, 0.5) is 5.69 Å². The fourth-order valence-corrected chi connectivity index (χ4v) is 3.55. The zero-order valence-corrected chi connectivity index (χ0v) is 17.3. The summed E-state index contributed by atoms with van der Waals surface area (Å²) in [6.45, 7) is 15.8. The van der Waals surface area contributed by atoms with E-state index in [1.165, 1.54) is 17.7 Å². The van der Waals surface area contributed by atoms with E-state index in [2.05, 4.69) is 67.1 Å². The predicted molar refractivity (Wildman–Crippen MR) is 111 cm³/mol. The number of piperazine rings is 1. The van der Waals surface area contributed by atoms with Gasteiger partial charge in [-0.3, -0.25) is 4.90 Å². The molecule has 1 aliphatic heterocycles. The Bertz CT molecular complexity index is 429. The summed E-state index contributed by atoms with van der Waals surface area (Å²) in [6, 6.07) is 9.87. The standard InChI is InChI=1S/C19H33N3.2ClH/c1-5-16(4)19(22-14-12-20-13-15-22)17-8-10-18(11-9-17)21(6-2)7-3;;/h8-11,16,19-20H,5-7,12-15H2,1-4H3;2*1H/t16?,19-;;/m1../s1. The van der Waals surface area contributed by atoms with E-state index in [1.807, 2.05) is 0 Å². The van der Waals surface area contributed by atoms with Crippen LogP contribution in [0.3, 0.4) is 0 Å². The molecule has 0 bridgehead atoms. The molecule has 1 N–H and O–H groups in total. The molecule has 2 rings (SSSR count). The Balaban J connectivity index is 0.00000264. The summed E-state index contributed by atoms with van der Waals surface area (Å²) in [6.07, 6.45) is 1.23. The van der Waals surface area contributed by atoms with Crippen molar-refractivity contribution in [1.82, 2.24) is 10.2 Å². The van der Waals surface area contributed by atoms with Crippen LogP contribution in [0.15, 0.2) is 24.3 Å². The molecule has 0 amide bonds. The molecule has 0 saturated carbocycles. The number of halogens is 2. The molecule has 1 fully saturated rings. The van der Waals surface area contributed by atoms with E-state index in [1.54, 1.807) is 0 Å². The highest BCUT2D eigenvalue weighted by Crippen LogP contribution is 2.32. The molecule has 5 heteroatoms. The van der Waals surface area contributed by atoms with Gasteiger partial charge in [-0.2, -0.15) is 0 Å². The van der Waals surface area contributed by atoms with Gasteiger partial charge in [0, 0.05) is 51.0 Å². The molecule has 1 aromatic carbocycles. The number of rotatable bonds is 7. The molecule has 1 aromatic rings. The van der Waals surface area contributed by atoms with Gasteiger partial charge < -0.3 is 10.2 Å². The normalized spacial score (nSPS) is 17.3. The van der Waals surface area contributed by atoms with E-state index in [-0.39, 0.29) is 24.8 Å². The van der Waals surface area contributed by atoms with Crippen molar-refractivity contribution in [2.75, 3.05) is 44.2 Å². The van der Waals surface area contributed by atoms with Crippen LogP contribution < -0.4 is 10.2 Å². The number of nitrogens with one attached hydrogen (secondary N) is 1. The first-order valence-electron chi connectivity index (χ1n) is 9.00. The van der Waals surface area contributed by atoms with E-state index in [0.717, 1.165) is 39.3 Å². The van der Waals surface area contributed by atoms with Gasteiger partial charge >= 0.3 is 0 Å². The number of anilines is 1. The van der Waals surface area contributed by atoms with Crippen molar-refractivity contribution in [3.8, 4) is 0 Å². The van der Waals surface area contributed by atoms with Gasteiger partial charge in [0.05, 0.1) is 0 Å². The largest absolute Gasteiger partial charge is 0.372 e. The molecule has 1 saturated heterocycles. The van der Waals surface area contributed by atoms with Crippen molar-refractivity contribution in [1.29, 1.82) is 0 Å². The highest BCUT2D eigenvalue weighted by molar-refractivity contribution is 5.85. The van der Waals surface area contributed by atoms with Crippen LogP contribution in [0, 0.1) is 5.92 Å². The molecule has 1 unspecified atom stereocenters. The Morgan fingerprint density at radius 3 is 2.00 bits per heavy atom. The van der Waals surface area contributed by atoms with Gasteiger partial charge in [0.15, 0.2) is 0 Å². The van der Waals surface area contributed by atoms with Crippen molar-refractivity contribution in [3.63, 3.8) is 0 Å². The lowest BCUT2D eigenvalue weighted by Crippen LogP contribution is -2.46. The topological polar surface area (TPSA) is 18.5 Å². The lowest BCUT2D eigenvalue weighted by atomic mass is 9.90. The fourth-order valence-electron chi connectivity index (χ4n) is 3.55. The number of benzene rings is 1. The minimum atomic E-state index is 0. The van der Waals surface area contributed by atoms with Gasteiger partial charge in [-0.15, -0.1) is 24.8 Å². The zero-order chi connectivity index (χ0) is 15.9. The molecule has 0 radical (unpaired) electrons. The smallest absolute Gasteiger partial charge is 0.0374 e. The third kappa shape index (κ3) is 5.80. The van der Waals surface area contributed by atoms with Gasteiger partial charge in [0.25, 0.3) is 0 Å². The maximum atomic E-state index is 3.47. The quantitative estimate of drug-likeness (QED) is 0.762. The van der Waals surface area contributed by atoms with Crippen molar-refractivity contribution < 1.29 is 0 Å². The molecule has 0 aliphatic carbocycles. The van der Waals surface area contributed by atoms with Crippen LogP contribution in [0.1, 0.15) is 45.7 Å². The second-order valence-corrected chi connectivity index (χ2v) is 6.38. The molecule has 24 heavy (non-hydrogen) atoms. The monoisotopic (exact) mass is 375 g/mol. The summed E-state index contributed by atoms with van der Waals surface area (Å²) in [5, 5.41) is 3.47. The summed E-state index contributed by atoms with van der Waals surface area (Å²) in [5.74, 6) is 0.692. The molecular weight excluding hydrogens is 341 g/mol. The van der Waals surface area contributed by atoms with Crippen LogP contribution in [-0.2, 0) is 0 Å². The van der Waals surface area contributed by atoms with E-state index >= 15 is 0 Å². The predicted octanol–water partition coefficient (Wildman–Crippen LogP) is 4.37. The molecule has 1 heterocycles. The third-order valence-electron chi connectivity index (χ3n) is 5.09. The van der Waals surface area contributed by atoms with Crippen LogP contribution in [0.2, 0.25) is 0 Å². The van der Waals surface area contributed by atoms with Crippen LogP contribution in [0.25, 0.3) is 0 Å². The minimum absolute atomic E-state index is 0. The lowest BCUT2D eigenvalue weighted by molar-refractivity contribution is 0.128. The van der Waals surface area contributed by atoms with Gasteiger partial charge in [-0.05, 0) is 37.5 Å². The van der Waals surface area contributed by atoms with Crippen LogP contribution >= 0.6 is 24.8 Å². The molecule has 3 nitrogen and oxygen atoms in total. The maximum Gasteiger partial charge on any atom is 0.0374 e. The molecule has 0 spiro atoms. The first kappa shape index (κ1) is 23.5. The Kier molecular flexibility index (Phi) is 11.7. The van der Waals surface area contributed by atoms with E-state index in [0.29, 0.717) is 12.0 Å². The SMILES string of the molecule is CCC(C)[C@H](c1ccc(N(CC)CC)cc1)N1CCNCC1.Cl.Cl. The van der Waals surface area contributed by atoms with E-state index in [9.17, 15) is 0 Å². The van der Waals surface area contributed by atoms with Gasteiger partial charge in [-0.1, -0.05) is 32.4 Å². The second kappa shape index (κ2) is 12.0. The molecule has 2 atom stereocenters. The summed E-state index contributed by atoms with van der Waals surface area (Å²) in [7, 11) is 0. The first-order chi connectivity index (χ1) is 10.7. The van der Waals surface area contributed by atoms with Crippen molar-refractivity contribution in [2.24, 2.45) is 5.92 Å². The highest BCUT2D eigenvalue weighted by atomic mass is 35.5. The number of hydrogen-bond donors (Lipinski definition) is 1. The average Bonchev–Trinajstić information content (AvgIpc) is 2.58. The second-order valence-electron chi connectivity index (χ2n) is 6.38. The summed E-state index contributed by atoms with van der Waals surface area (Å²) >= 11 is 0. The van der Waals surface area contributed by atoms with E-state index < -0.39 is 0 Å². The van der Waals surface area contributed by atoms with Gasteiger partial charge in [0.2, 0.25) is 0 Å². The van der Waals surface area contributed by atoms with E-state index in [4.69, 9.17) is 0 Å². The zero-order valence-electron chi connectivity index (χ0n) is 15.6. The highest BCUT2D eigenvalue weighted by Gasteiger charge is 2.26.